The summed E-state index contributed by atoms with van der Waals surface area (Å²) in [5.41, 5.74) is 2.25. The largest absolute Gasteiger partial charge is 0.508 e. The summed E-state index contributed by atoms with van der Waals surface area (Å²) in [5, 5.41) is 11.0. The number of ketones is 1. The zero-order valence-electron chi connectivity index (χ0n) is 23.1. The van der Waals surface area contributed by atoms with Crippen LogP contribution in [-0.2, 0) is 0 Å². The van der Waals surface area contributed by atoms with Crippen LogP contribution in [0.15, 0.2) is 66.7 Å². The molecule has 6 heteroatoms. The van der Waals surface area contributed by atoms with Crippen molar-refractivity contribution in [2.75, 3.05) is 26.2 Å². The smallest absolute Gasteiger partial charge is 0.195 e. The molecule has 3 aromatic carbocycles. The molecule has 1 saturated heterocycles. The Bertz CT molecular complexity index is 1450. The van der Waals surface area contributed by atoms with Gasteiger partial charge in [-0.2, -0.15) is 0 Å². The number of aromatic hydroxyl groups is 1. The first kappa shape index (κ1) is 26.9. The number of rotatable bonds is 9. The van der Waals surface area contributed by atoms with Crippen LogP contribution in [0.4, 0.5) is 0 Å². The lowest BCUT2D eigenvalue weighted by Gasteiger charge is -2.23. The maximum Gasteiger partial charge on any atom is 0.195 e. The molecule has 2 fully saturated rings. The van der Waals surface area contributed by atoms with Crippen LogP contribution in [0.25, 0.3) is 20.5 Å². The SMILES string of the molecule is CC1CCN(CCOc2ccc(C(=O)c3c(-c4ccc(OC5CCCCC5)cc4)sc4cc(O)ccc34)cc2)C1. The topological polar surface area (TPSA) is 59.0 Å². The van der Waals surface area contributed by atoms with Crippen LogP contribution < -0.4 is 9.47 Å². The predicted octanol–water partition coefficient (Wildman–Crippen LogP) is 7.94. The number of thiophene rings is 1. The minimum atomic E-state index is -0.0351. The molecule has 0 bridgehead atoms. The van der Waals surface area contributed by atoms with Gasteiger partial charge in [0.1, 0.15) is 23.9 Å². The molecular formula is C34H37NO4S. The van der Waals surface area contributed by atoms with Gasteiger partial charge in [0, 0.05) is 39.2 Å². The van der Waals surface area contributed by atoms with Crippen molar-refractivity contribution in [1.82, 2.24) is 4.90 Å². The fraction of sp³-hybridized carbons (Fsp3) is 0.382. The van der Waals surface area contributed by atoms with Gasteiger partial charge in [0.05, 0.1) is 6.10 Å². The van der Waals surface area contributed by atoms with Gasteiger partial charge in [0.25, 0.3) is 0 Å². The van der Waals surface area contributed by atoms with Crippen LogP contribution >= 0.6 is 11.3 Å². The third-order valence-corrected chi connectivity index (χ3v) is 9.37. The molecule has 1 aliphatic carbocycles. The third-order valence-electron chi connectivity index (χ3n) is 8.17. The molecule has 0 amide bonds. The summed E-state index contributed by atoms with van der Waals surface area (Å²) in [4.78, 5) is 17.3. The van der Waals surface area contributed by atoms with E-state index in [0.29, 0.717) is 23.8 Å². The number of carbonyl (C=O) groups excluding carboxylic acids is 1. The molecule has 0 radical (unpaired) electrons. The Morgan fingerprint density at radius 3 is 2.42 bits per heavy atom. The summed E-state index contributed by atoms with van der Waals surface area (Å²) < 4.78 is 13.1. The van der Waals surface area contributed by atoms with Crippen LogP contribution in [0.5, 0.6) is 17.2 Å². The summed E-state index contributed by atoms with van der Waals surface area (Å²) in [6.07, 6.45) is 7.53. The number of nitrogens with zero attached hydrogens (tertiary/aromatic N) is 1. The number of phenols is 1. The van der Waals surface area contributed by atoms with Crippen molar-refractivity contribution in [1.29, 1.82) is 0 Å². The number of likely N-dealkylation sites (tertiary alicyclic amines) is 1. The molecule has 40 heavy (non-hydrogen) atoms. The normalized spacial score (nSPS) is 18.3. The maximum atomic E-state index is 13.9. The van der Waals surface area contributed by atoms with Crippen LogP contribution in [-0.4, -0.2) is 48.1 Å². The molecule has 5 nitrogen and oxygen atoms in total. The highest BCUT2D eigenvalue weighted by Crippen LogP contribution is 2.41. The summed E-state index contributed by atoms with van der Waals surface area (Å²) in [6, 6.07) is 20.8. The number of hydrogen-bond acceptors (Lipinski definition) is 6. The highest BCUT2D eigenvalue weighted by atomic mass is 32.1. The minimum Gasteiger partial charge on any atom is -0.508 e. The van der Waals surface area contributed by atoms with Crippen molar-refractivity contribution in [2.24, 2.45) is 5.92 Å². The monoisotopic (exact) mass is 555 g/mol. The number of hydrogen-bond donors (Lipinski definition) is 1. The van der Waals surface area contributed by atoms with Crippen LogP contribution in [0, 0.1) is 5.92 Å². The second kappa shape index (κ2) is 12.0. The lowest BCUT2D eigenvalue weighted by Crippen LogP contribution is -2.25. The highest BCUT2D eigenvalue weighted by Gasteiger charge is 2.23. The van der Waals surface area contributed by atoms with E-state index in [0.717, 1.165) is 70.4 Å². The van der Waals surface area contributed by atoms with Crippen molar-refractivity contribution in [3.05, 3.63) is 77.9 Å². The Morgan fingerprint density at radius 1 is 0.950 bits per heavy atom. The van der Waals surface area contributed by atoms with Crippen molar-refractivity contribution in [3.63, 3.8) is 0 Å². The van der Waals surface area contributed by atoms with E-state index in [1.165, 1.54) is 37.0 Å². The van der Waals surface area contributed by atoms with Gasteiger partial charge >= 0.3 is 0 Å². The number of phenolic OH excluding ortho intramolecular Hbond substituents is 1. The van der Waals surface area contributed by atoms with E-state index in [1.54, 1.807) is 12.1 Å². The lowest BCUT2D eigenvalue weighted by atomic mass is 9.97. The van der Waals surface area contributed by atoms with Gasteiger partial charge in [-0.1, -0.05) is 13.3 Å². The van der Waals surface area contributed by atoms with E-state index < -0.39 is 0 Å². The summed E-state index contributed by atoms with van der Waals surface area (Å²) >= 11 is 1.53. The van der Waals surface area contributed by atoms with Crippen LogP contribution in [0.2, 0.25) is 0 Å². The first-order valence-corrected chi connectivity index (χ1v) is 15.4. The van der Waals surface area contributed by atoms with Gasteiger partial charge in [0.15, 0.2) is 5.78 Å². The van der Waals surface area contributed by atoms with Crippen molar-refractivity contribution in [3.8, 4) is 27.7 Å². The molecule has 208 valence electrons. The van der Waals surface area contributed by atoms with Gasteiger partial charge in [-0.25, -0.2) is 0 Å². The molecule has 1 saturated carbocycles. The summed E-state index contributed by atoms with van der Waals surface area (Å²) in [6.45, 7) is 6.14. The number of ether oxygens (including phenoxy) is 2. The molecule has 2 heterocycles. The summed E-state index contributed by atoms with van der Waals surface area (Å²) in [5.74, 6) is 2.57. The van der Waals surface area contributed by atoms with Gasteiger partial charge in [-0.15, -0.1) is 11.3 Å². The Balaban J connectivity index is 1.21. The molecule has 1 unspecified atom stereocenters. The summed E-state index contributed by atoms with van der Waals surface area (Å²) in [7, 11) is 0. The Kier molecular flexibility index (Phi) is 8.08. The number of carbonyl (C=O) groups is 1. The first-order chi connectivity index (χ1) is 19.5. The number of fused-ring (bicyclic) bond motifs is 1. The molecule has 1 atom stereocenters. The lowest BCUT2D eigenvalue weighted by molar-refractivity contribution is 0.104. The van der Waals surface area contributed by atoms with E-state index in [9.17, 15) is 9.90 Å². The van der Waals surface area contributed by atoms with E-state index in [2.05, 4.69) is 11.8 Å². The van der Waals surface area contributed by atoms with Gasteiger partial charge < -0.3 is 14.6 Å². The minimum absolute atomic E-state index is 0.0351. The van der Waals surface area contributed by atoms with E-state index in [-0.39, 0.29) is 11.5 Å². The van der Waals surface area contributed by atoms with Gasteiger partial charge in [-0.3, -0.25) is 9.69 Å². The van der Waals surface area contributed by atoms with E-state index in [1.807, 2.05) is 54.6 Å². The van der Waals surface area contributed by atoms with Crippen molar-refractivity contribution in [2.45, 2.75) is 51.6 Å². The average Bonchev–Trinajstić information content (AvgIpc) is 3.56. The van der Waals surface area contributed by atoms with Crippen LogP contribution in [0.3, 0.4) is 0 Å². The van der Waals surface area contributed by atoms with Crippen LogP contribution in [0.1, 0.15) is 61.4 Å². The number of benzene rings is 3. The second-order valence-corrected chi connectivity index (χ2v) is 12.3. The predicted molar refractivity (Wildman–Crippen MR) is 162 cm³/mol. The zero-order chi connectivity index (χ0) is 27.5. The Morgan fingerprint density at radius 2 is 1.70 bits per heavy atom. The Labute approximate surface area is 240 Å². The van der Waals surface area contributed by atoms with Crippen molar-refractivity contribution < 1.29 is 19.4 Å². The van der Waals surface area contributed by atoms with E-state index >= 15 is 0 Å². The van der Waals surface area contributed by atoms with E-state index in [4.69, 9.17) is 9.47 Å². The molecule has 6 rings (SSSR count). The van der Waals surface area contributed by atoms with Gasteiger partial charge in [0.2, 0.25) is 0 Å². The molecule has 2 aliphatic rings. The molecule has 4 aromatic rings. The first-order valence-electron chi connectivity index (χ1n) is 14.6. The molecule has 1 aromatic heterocycles. The quantitative estimate of drug-likeness (QED) is 0.213. The molecule has 1 N–H and O–H groups in total. The fourth-order valence-electron chi connectivity index (χ4n) is 5.94. The third kappa shape index (κ3) is 6.03. The molecular weight excluding hydrogens is 518 g/mol. The highest BCUT2D eigenvalue weighted by molar-refractivity contribution is 7.22. The second-order valence-electron chi connectivity index (χ2n) is 11.3. The maximum absolute atomic E-state index is 13.9. The molecule has 1 aliphatic heterocycles. The van der Waals surface area contributed by atoms with Gasteiger partial charge in [-0.05, 0) is 117 Å². The zero-order valence-corrected chi connectivity index (χ0v) is 23.9. The van der Waals surface area contributed by atoms with Crippen molar-refractivity contribution >= 4 is 27.2 Å². The Hall–Kier alpha value is -3.35. The average molecular weight is 556 g/mol. The fourth-order valence-corrected chi connectivity index (χ4v) is 7.18. The molecule has 0 spiro atoms. The standard InChI is InChI=1S/C34H37NO4S/c1-23-17-18-35(22-23)19-20-38-27-12-7-24(8-13-27)33(37)32-30-16-11-26(36)21-31(30)40-34(32)25-9-14-29(15-10-25)39-28-5-3-2-4-6-28/h7-16,21,23,28,36H,2-6,17-20,22H2,1H3.